The van der Waals surface area contributed by atoms with Crippen molar-refractivity contribution in [2.75, 3.05) is 27.4 Å². The van der Waals surface area contributed by atoms with Gasteiger partial charge in [0, 0.05) is 0 Å². The SMILES string of the molecule is COc1cc(C2OCCO2)c(OC)cc1C. The van der Waals surface area contributed by atoms with Gasteiger partial charge < -0.3 is 18.9 Å². The first kappa shape index (κ1) is 11.2. The Morgan fingerprint density at radius 1 is 1.06 bits per heavy atom. The van der Waals surface area contributed by atoms with Crippen LogP contribution in [0.15, 0.2) is 12.1 Å². The van der Waals surface area contributed by atoms with Gasteiger partial charge in [-0.05, 0) is 24.6 Å². The molecule has 2 rings (SSSR count). The van der Waals surface area contributed by atoms with Crippen LogP contribution < -0.4 is 9.47 Å². The van der Waals surface area contributed by atoms with E-state index in [0.717, 1.165) is 22.6 Å². The number of rotatable bonds is 3. The molecule has 0 saturated carbocycles. The maximum absolute atomic E-state index is 5.46. The second-order valence-corrected chi connectivity index (χ2v) is 3.64. The number of ether oxygens (including phenoxy) is 4. The van der Waals surface area contributed by atoms with E-state index in [4.69, 9.17) is 18.9 Å². The highest BCUT2D eigenvalue weighted by Gasteiger charge is 2.23. The summed E-state index contributed by atoms with van der Waals surface area (Å²) in [6.45, 7) is 3.20. The maximum Gasteiger partial charge on any atom is 0.187 e. The third-order valence-electron chi connectivity index (χ3n) is 2.62. The lowest BCUT2D eigenvalue weighted by Gasteiger charge is -2.16. The minimum Gasteiger partial charge on any atom is -0.496 e. The van der Waals surface area contributed by atoms with E-state index in [1.54, 1.807) is 14.2 Å². The van der Waals surface area contributed by atoms with E-state index < -0.39 is 0 Å². The van der Waals surface area contributed by atoms with Crippen LogP contribution in [0.4, 0.5) is 0 Å². The van der Waals surface area contributed by atoms with E-state index in [1.165, 1.54) is 0 Å². The van der Waals surface area contributed by atoms with Crippen molar-refractivity contribution in [2.24, 2.45) is 0 Å². The summed E-state index contributed by atoms with van der Waals surface area (Å²) in [5.74, 6) is 1.58. The van der Waals surface area contributed by atoms with Gasteiger partial charge in [0.1, 0.15) is 11.5 Å². The molecule has 1 aliphatic rings. The Balaban J connectivity index is 2.40. The van der Waals surface area contributed by atoms with Crippen LogP contribution in [0.2, 0.25) is 0 Å². The molecule has 1 heterocycles. The maximum atomic E-state index is 5.46. The van der Waals surface area contributed by atoms with E-state index in [-0.39, 0.29) is 6.29 Å². The number of benzene rings is 1. The topological polar surface area (TPSA) is 36.9 Å². The van der Waals surface area contributed by atoms with Crippen molar-refractivity contribution < 1.29 is 18.9 Å². The van der Waals surface area contributed by atoms with E-state index in [0.29, 0.717) is 13.2 Å². The lowest BCUT2D eigenvalue weighted by atomic mass is 10.1. The molecule has 0 aliphatic carbocycles. The molecular weight excluding hydrogens is 208 g/mol. The standard InChI is InChI=1S/C12H16O4/c1-8-6-11(14-3)9(7-10(8)13-2)12-15-4-5-16-12/h6-7,12H,4-5H2,1-3H3. The molecule has 4 nitrogen and oxygen atoms in total. The summed E-state index contributed by atoms with van der Waals surface area (Å²) in [5, 5.41) is 0. The average Bonchev–Trinajstić information content (AvgIpc) is 2.82. The Labute approximate surface area is 95.1 Å². The molecule has 0 atom stereocenters. The summed E-state index contributed by atoms with van der Waals surface area (Å²) >= 11 is 0. The minimum atomic E-state index is -0.343. The minimum absolute atomic E-state index is 0.343. The van der Waals surface area contributed by atoms with Crippen LogP contribution in [-0.2, 0) is 9.47 Å². The molecule has 1 aromatic carbocycles. The van der Waals surface area contributed by atoms with Crippen LogP contribution >= 0.6 is 0 Å². The highest BCUT2D eigenvalue weighted by molar-refractivity contribution is 5.46. The molecule has 0 N–H and O–H groups in total. The molecule has 0 bridgehead atoms. The molecule has 4 heteroatoms. The third kappa shape index (κ3) is 1.99. The first-order valence-electron chi connectivity index (χ1n) is 5.22. The predicted octanol–water partition coefficient (Wildman–Crippen LogP) is 2.06. The van der Waals surface area contributed by atoms with E-state index in [1.807, 2.05) is 19.1 Å². The number of hydrogen-bond donors (Lipinski definition) is 0. The summed E-state index contributed by atoms with van der Waals surface area (Å²) in [5.41, 5.74) is 1.91. The van der Waals surface area contributed by atoms with Crippen molar-refractivity contribution in [1.82, 2.24) is 0 Å². The van der Waals surface area contributed by atoms with E-state index >= 15 is 0 Å². The molecule has 0 radical (unpaired) electrons. The molecule has 16 heavy (non-hydrogen) atoms. The third-order valence-corrected chi connectivity index (χ3v) is 2.62. The lowest BCUT2D eigenvalue weighted by Crippen LogP contribution is -2.03. The largest absolute Gasteiger partial charge is 0.496 e. The second-order valence-electron chi connectivity index (χ2n) is 3.64. The van der Waals surface area contributed by atoms with Crippen LogP contribution in [-0.4, -0.2) is 27.4 Å². The predicted molar refractivity (Wildman–Crippen MR) is 58.9 cm³/mol. The summed E-state index contributed by atoms with van der Waals surface area (Å²) < 4.78 is 21.5. The van der Waals surface area contributed by atoms with Gasteiger partial charge in [-0.2, -0.15) is 0 Å². The zero-order valence-corrected chi connectivity index (χ0v) is 9.78. The van der Waals surface area contributed by atoms with Gasteiger partial charge in [-0.3, -0.25) is 0 Å². The zero-order chi connectivity index (χ0) is 11.5. The molecule has 0 unspecified atom stereocenters. The Morgan fingerprint density at radius 3 is 2.25 bits per heavy atom. The fraction of sp³-hybridized carbons (Fsp3) is 0.500. The van der Waals surface area contributed by atoms with Crippen LogP contribution in [0, 0.1) is 6.92 Å². The molecule has 0 amide bonds. The molecular formula is C12H16O4. The lowest BCUT2D eigenvalue weighted by molar-refractivity contribution is -0.0456. The van der Waals surface area contributed by atoms with Gasteiger partial charge in [-0.1, -0.05) is 0 Å². The van der Waals surface area contributed by atoms with Gasteiger partial charge >= 0.3 is 0 Å². The molecule has 88 valence electrons. The highest BCUT2D eigenvalue weighted by Crippen LogP contribution is 2.35. The van der Waals surface area contributed by atoms with Crippen molar-refractivity contribution in [3.05, 3.63) is 23.3 Å². The average molecular weight is 224 g/mol. The smallest absolute Gasteiger partial charge is 0.187 e. The Morgan fingerprint density at radius 2 is 1.69 bits per heavy atom. The zero-order valence-electron chi connectivity index (χ0n) is 9.78. The summed E-state index contributed by atoms with van der Waals surface area (Å²) in [6.07, 6.45) is -0.343. The molecule has 1 fully saturated rings. The van der Waals surface area contributed by atoms with Crippen molar-refractivity contribution in [1.29, 1.82) is 0 Å². The Kier molecular flexibility index (Phi) is 3.31. The van der Waals surface area contributed by atoms with E-state index in [2.05, 4.69) is 0 Å². The molecule has 1 aliphatic heterocycles. The van der Waals surface area contributed by atoms with Crippen LogP contribution in [0.5, 0.6) is 11.5 Å². The van der Waals surface area contributed by atoms with Crippen LogP contribution in [0.25, 0.3) is 0 Å². The van der Waals surface area contributed by atoms with Crippen molar-refractivity contribution in [3.63, 3.8) is 0 Å². The fourth-order valence-electron chi connectivity index (χ4n) is 1.80. The van der Waals surface area contributed by atoms with Crippen LogP contribution in [0.3, 0.4) is 0 Å². The molecule has 1 saturated heterocycles. The quantitative estimate of drug-likeness (QED) is 0.787. The van der Waals surface area contributed by atoms with Gasteiger partial charge in [-0.15, -0.1) is 0 Å². The van der Waals surface area contributed by atoms with E-state index in [9.17, 15) is 0 Å². The van der Waals surface area contributed by atoms with Gasteiger partial charge in [0.25, 0.3) is 0 Å². The normalized spacial score (nSPS) is 16.4. The highest BCUT2D eigenvalue weighted by atomic mass is 16.7. The van der Waals surface area contributed by atoms with Crippen molar-refractivity contribution in [3.8, 4) is 11.5 Å². The van der Waals surface area contributed by atoms with Gasteiger partial charge in [0.2, 0.25) is 0 Å². The van der Waals surface area contributed by atoms with Gasteiger partial charge in [-0.25, -0.2) is 0 Å². The molecule has 1 aromatic rings. The fourth-order valence-corrected chi connectivity index (χ4v) is 1.80. The number of methoxy groups -OCH3 is 2. The van der Waals surface area contributed by atoms with Gasteiger partial charge in [0.05, 0.1) is 33.0 Å². The summed E-state index contributed by atoms with van der Waals surface area (Å²) in [6, 6.07) is 3.84. The first-order chi connectivity index (χ1) is 7.76. The van der Waals surface area contributed by atoms with Crippen molar-refractivity contribution in [2.45, 2.75) is 13.2 Å². The Hall–Kier alpha value is -1.26. The molecule has 0 aromatic heterocycles. The van der Waals surface area contributed by atoms with Crippen LogP contribution in [0.1, 0.15) is 17.4 Å². The second kappa shape index (κ2) is 4.72. The number of hydrogen-bond acceptors (Lipinski definition) is 4. The van der Waals surface area contributed by atoms with Gasteiger partial charge in [0.15, 0.2) is 6.29 Å². The number of aryl methyl sites for hydroxylation is 1. The Bertz CT molecular complexity index is 370. The molecule has 0 spiro atoms. The summed E-state index contributed by atoms with van der Waals surface area (Å²) in [4.78, 5) is 0. The first-order valence-corrected chi connectivity index (χ1v) is 5.22. The summed E-state index contributed by atoms with van der Waals surface area (Å²) in [7, 11) is 3.29. The monoisotopic (exact) mass is 224 g/mol. The van der Waals surface area contributed by atoms with Crippen molar-refractivity contribution >= 4 is 0 Å².